The van der Waals surface area contributed by atoms with Gasteiger partial charge in [0.2, 0.25) is 0 Å². The van der Waals surface area contributed by atoms with E-state index in [0.717, 1.165) is 25.9 Å². The number of hydrogen-bond donors (Lipinski definition) is 1. The van der Waals surface area contributed by atoms with E-state index in [-0.39, 0.29) is 5.91 Å². The molecule has 1 saturated heterocycles. The summed E-state index contributed by atoms with van der Waals surface area (Å²) in [6.07, 6.45) is 2.19. The van der Waals surface area contributed by atoms with Crippen molar-refractivity contribution in [3.05, 3.63) is 29.8 Å². The Kier molecular flexibility index (Phi) is 3.83. The lowest BCUT2D eigenvalue weighted by molar-refractivity contribution is 0.0609. The first-order valence-corrected chi connectivity index (χ1v) is 7.03. The van der Waals surface area contributed by atoms with Crippen LogP contribution in [0.1, 0.15) is 44.0 Å². The van der Waals surface area contributed by atoms with Crippen molar-refractivity contribution in [2.45, 2.75) is 33.6 Å². The van der Waals surface area contributed by atoms with Gasteiger partial charge < -0.3 is 10.6 Å². The molecule has 0 saturated carbocycles. The quantitative estimate of drug-likeness (QED) is 0.788. The second kappa shape index (κ2) is 5.24. The third-order valence-electron chi connectivity index (χ3n) is 4.14. The number of piperidine rings is 1. The molecule has 1 heterocycles. The smallest absolute Gasteiger partial charge is 0.253 e. The number of carbonyl (C=O) groups is 1. The lowest BCUT2D eigenvalue weighted by Gasteiger charge is -2.38. The summed E-state index contributed by atoms with van der Waals surface area (Å²) in [6.45, 7) is 8.57. The predicted octanol–water partition coefficient (Wildman–Crippen LogP) is 3.17. The SMILES string of the molecule is CC(C)(C)C1CCN(C(=O)c2cccc(N)c2)CC1. The Hall–Kier alpha value is -1.51. The van der Waals surface area contributed by atoms with Crippen molar-refractivity contribution in [3.8, 4) is 0 Å². The summed E-state index contributed by atoms with van der Waals surface area (Å²) in [4.78, 5) is 14.3. The molecule has 1 aliphatic heterocycles. The number of anilines is 1. The Morgan fingerprint density at radius 3 is 2.42 bits per heavy atom. The maximum atomic E-state index is 12.4. The van der Waals surface area contributed by atoms with Crippen LogP contribution in [-0.2, 0) is 0 Å². The van der Waals surface area contributed by atoms with Crippen molar-refractivity contribution < 1.29 is 4.79 Å². The van der Waals surface area contributed by atoms with Crippen molar-refractivity contribution in [2.24, 2.45) is 11.3 Å². The first-order valence-electron chi connectivity index (χ1n) is 7.03. The molecule has 0 radical (unpaired) electrons. The highest BCUT2D eigenvalue weighted by Gasteiger charge is 2.30. The van der Waals surface area contributed by atoms with E-state index in [2.05, 4.69) is 20.8 Å². The van der Waals surface area contributed by atoms with Crippen LogP contribution in [0.4, 0.5) is 5.69 Å². The van der Waals surface area contributed by atoms with Gasteiger partial charge in [-0.25, -0.2) is 0 Å². The molecule has 1 amide bonds. The average Bonchev–Trinajstić information content (AvgIpc) is 2.37. The molecule has 0 unspecified atom stereocenters. The van der Waals surface area contributed by atoms with E-state index in [4.69, 9.17) is 5.73 Å². The van der Waals surface area contributed by atoms with E-state index in [9.17, 15) is 4.79 Å². The number of carbonyl (C=O) groups excluding carboxylic acids is 1. The zero-order chi connectivity index (χ0) is 14.0. The molecule has 3 heteroatoms. The summed E-state index contributed by atoms with van der Waals surface area (Å²) in [6, 6.07) is 7.25. The monoisotopic (exact) mass is 260 g/mol. The van der Waals surface area contributed by atoms with E-state index < -0.39 is 0 Å². The second-order valence-corrected chi connectivity index (χ2v) is 6.56. The normalized spacial score (nSPS) is 17.5. The molecule has 2 rings (SSSR count). The summed E-state index contributed by atoms with van der Waals surface area (Å²) < 4.78 is 0. The van der Waals surface area contributed by atoms with Crippen LogP contribution in [0.5, 0.6) is 0 Å². The number of amides is 1. The van der Waals surface area contributed by atoms with Gasteiger partial charge in [0.25, 0.3) is 5.91 Å². The first kappa shape index (κ1) is 13.9. The summed E-state index contributed by atoms with van der Waals surface area (Å²) >= 11 is 0. The summed E-state index contributed by atoms with van der Waals surface area (Å²) in [7, 11) is 0. The highest BCUT2D eigenvalue weighted by molar-refractivity contribution is 5.95. The van der Waals surface area contributed by atoms with Crippen LogP contribution < -0.4 is 5.73 Å². The topological polar surface area (TPSA) is 46.3 Å². The minimum atomic E-state index is 0.111. The molecule has 2 N–H and O–H groups in total. The van der Waals surface area contributed by atoms with Gasteiger partial charge in [0.1, 0.15) is 0 Å². The van der Waals surface area contributed by atoms with Crippen LogP contribution in [0.25, 0.3) is 0 Å². The van der Waals surface area contributed by atoms with E-state index in [0.29, 0.717) is 22.6 Å². The fraction of sp³-hybridized carbons (Fsp3) is 0.562. The summed E-state index contributed by atoms with van der Waals surface area (Å²) in [5, 5.41) is 0. The molecule has 0 spiro atoms. The molecule has 104 valence electrons. The third-order valence-corrected chi connectivity index (χ3v) is 4.14. The molecule has 1 fully saturated rings. The van der Waals surface area contributed by atoms with Crippen molar-refractivity contribution >= 4 is 11.6 Å². The van der Waals surface area contributed by atoms with Crippen LogP contribution >= 0.6 is 0 Å². The van der Waals surface area contributed by atoms with Gasteiger partial charge in [-0.05, 0) is 42.4 Å². The molecular formula is C16H24N2O. The second-order valence-electron chi connectivity index (χ2n) is 6.56. The van der Waals surface area contributed by atoms with Gasteiger partial charge in [-0.15, -0.1) is 0 Å². The number of benzene rings is 1. The Morgan fingerprint density at radius 2 is 1.89 bits per heavy atom. The van der Waals surface area contributed by atoms with Crippen LogP contribution in [-0.4, -0.2) is 23.9 Å². The average molecular weight is 260 g/mol. The molecule has 1 aromatic carbocycles. The molecule has 0 aromatic heterocycles. The minimum absolute atomic E-state index is 0.111. The number of likely N-dealkylation sites (tertiary alicyclic amines) is 1. The molecule has 19 heavy (non-hydrogen) atoms. The van der Waals surface area contributed by atoms with E-state index in [1.807, 2.05) is 23.1 Å². The highest BCUT2D eigenvalue weighted by Crippen LogP contribution is 2.34. The van der Waals surface area contributed by atoms with Gasteiger partial charge in [-0.2, -0.15) is 0 Å². The summed E-state index contributed by atoms with van der Waals surface area (Å²) in [5.41, 5.74) is 7.43. The van der Waals surface area contributed by atoms with Gasteiger partial charge in [-0.1, -0.05) is 26.8 Å². The number of hydrogen-bond acceptors (Lipinski definition) is 2. The van der Waals surface area contributed by atoms with Gasteiger partial charge in [0, 0.05) is 24.3 Å². The Balaban J connectivity index is 2.00. The lowest BCUT2D eigenvalue weighted by atomic mass is 9.75. The largest absolute Gasteiger partial charge is 0.399 e. The molecule has 1 aromatic rings. The zero-order valence-electron chi connectivity index (χ0n) is 12.1. The van der Waals surface area contributed by atoms with Crippen molar-refractivity contribution in [1.82, 2.24) is 4.90 Å². The molecular weight excluding hydrogens is 236 g/mol. The fourth-order valence-corrected chi connectivity index (χ4v) is 2.80. The number of rotatable bonds is 1. The maximum absolute atomic E-state index is 12.4. The van der Waals surface area contributed by atoms with Crippen molar-refractivity contribution in [2.75, 3.05) is 18.8 Å². The molecule has 3 nitrogen and oxygen atoms in total. The molecule has 1 aliphatic rings. The molecule has 0 atom stereocenters. The Morgan fingerprint density at radius 1 is 1.26 bits per heavy atom. The number of nitrogens with zero attached hydrogens (tertiary/aromatic N) is 1. The minimum Gasteiger partial charge on any atom is -0.399 e. The Labute approximate surface area is 115 Å². The van der Waals surface area contributed by atoms with Gasteiger partial charge in [0.05, 0.1) is 0 Å². The Bertz CT molecular complexity index is 454. The predicted molar refractivity (Wildman–Crippen MR) is 78.9 cm³/mol. The standard InChI is InChI=1S/C16H24N2O/c1-16(2,3)13-7-9-18(10-8-13)15(19)12-5-4-6-14(17)11-12/h4-6,11,13H,7-10,17H2,1-3H3. The van der Waals surface area contributed by atoms with Gasteiger partial charge in [-0.3, -0.25) is 4.79 Å². The third kappa shape index (κ3) is 3.28. The van der Waals surface area contributed by atoms with E-state index >= 15 is 0 Å². The van der Waals surface area contributed by atoms with Gasteiger partial charge >= 0.3 is 0 Å². The first-order chi connectivity index (χ1) is 8.88. The maximum Gasteiger partial charge on any atom is 0.253 e. The molecule has 0 aliphatic carbocycles. The van der Waals surface area contributed by atoms with Crippen LogP contribution in [0, 0.1) is 11.3 Å². The zero-order valence-corrected chi connectivity index (χ0v) is 12.1. The number of nitrogens with two attached hydrogens (primary N) is 1. The highest BCUT2D eigenvalue weighted by atomic mass is 16.2. The van der Waals surface area contributed by atoms with Crippen LogP contribution in [0.15, 0.2) is 24.3 Å². The van der Waals surface area contributed by atoms with Crippen molar-refractivity contribution in [3.63, 3.8) is 0 Å². The van der Waals surface area contributed by atoms with E-state index in [1.165, 1.54) is 0 Å². The van der Waals surface area contributed by atoms with Crippen molar-refractivity contribution in [1.29, 1.82) is 0 Å². The van der Waals surface area contributed by atoms with Crippen LogP contribution in [0.3, 0.4) is 0 Å². The molecule has 0 bridgehead atoms. The lowest BCUT2D eigenvalue weighted by Crippen LogP contribution is -2.41. The van der Waals surface area contributed by atoms with Gasteiger partial charge in [0.15, 0.2) is 0 Å². The fourth-order valence-electron chi connectivity index (χ4n) is 2.80. The summed E-state index contributed by atoms with van der Waals surface area (Å²) in [5.74, 6) is 0.817. The van der Waals surface area contributed by atoms with Crippen LogP contribution in [0.2, 0.25) is 0 Å². The van der Waals surface area contributed by atoms with E-state index in [1.54, 1.807) is 6.07 Å². The number of nitrogen functional groups attached to an aromatic ring is 1.